The van der Waals surface area contributed by atoms with Crippen LogP contribution >= 0.6 is 23.2 Å². The molecule has 0 amide bonds. The van der Waals surface area contributed by atoms with Gasteiger partial charge in [0.15, 0.2) is 5.78 Å². The Morgan fingerprint density at radius 2 is 1.74 bits per heavy atom. The highest BCUT2D eigenvalue weighted by molar-refractivity contribution is 6.36. The summed E-state index contributed by atoms with van der Waals surface area (Å²) in [5, 5.41) is 0.841. The van der Waals surface area contributed by atoms with E-state index < -0.39 is 17.8 Å². The van der Waals surface area contributed by atoms with Gasteiger partial charge in [0.25, 0.3) is 0 Å². The molecule has 19 heavy (non-hydrogen) atoms. The maximum atomic E-state index is 12.2. The van der Waals surface area contributed by atoms with Gasteiger partial charge >= 0.3 is 5.97 Å². The zero-order chi connectivity index (χ0) is 14.6. The highest BCUT2D eigenvalue weighted by Gasteiger charge is 2.30. The van der Waals surface area contributed by atoms with E-state index in [2.05, 4.69) is 0 Å². The van der Waals surface area contributed by atoms with E-state index in [-0.39, 0.29) is 12.4 Å². The summed E-state index contributed by atoms with van der Waals surface area (Å²) in [7, 11) is 0. The molecule has 0 N–H and O–H groups in total. The van der Waals surface area contributed by atoms with Gasteiger partial charge in [-0.25, -0.2) is 0 Å². The van der Waals surface area contributed by atoms with Crippen molar-refractivity contribution in [2.45, 2.75) is 26.7 Å². The van der Waals surface area contributed by atoms with Gasteiger partial charge in [-0.2, -0.15) is 0 Å². The maximum Gasteiger partial charge on any atom is 0.316 e. The summed E-state index contributed by atoms with van der Waals surface area (Å²) in [6.45, 7) is 5.16. The van der Waals surface area contributed by atoms with Gasteiger partial charge in [-0.3, -0.25) is 9.59 Å². The average Bonchev–Trinajstić information content (AvgIpc) is 2.36. The van der Waals surface area contributed by atoms with Gasteiger partial charge in [0.05, 0.1) is 6.61 Å². The molecule has 0 saturated heterocycles. The van der Waals surface area contributed by atoms with Gasteiger partial charge in [-0.05, 0) is 31.5 Å². The standard InChI is InChI=1S/C14H16Cl2O3/c1-4-19-14(18)9(3)13(17)8(2)12-10(15)6-5-7-11(12)16/h5-9H,4H2,1-3H3. The Morgan fingerprint density at radius 3 is 2.21 bits per heavy atom. The quantitative estimate of drug-likeness (QED) is 0.612. The van der Waals surface area contributed by atoms with Gasteiger partial charge in [-0.15, -0.1) is 0 Å². The van der Waals surface area contributed by atoms with Gasteiger partial charge in [0.2, 0.25) is 0 Å². The van der Waals surface area contributed by atoms with E-state index in [0.29, 0.717) is 15.6 Å². The van der Waals surface area contributed by atoms with Crippen molar-refractivity contribution in [1.82, 2.24) is 0 Å². The number of halogens is 2. The van der Waals surface area contributed by atoms with Crippen LogP contribution in [0.2, 0.25) is 10.0 Å². The second-order valence-corrected chi connectivity index (χ2v) is 5.05. The number of ether oxygens (including phenoxy) is 1. The van der Waals surface area contributed by atoms with Crippen molar-refractivity contribution in [2.75, 3.05) is 6.61 Å². The predicted octanol–water partition coefficient (Wildman–Crippen LogP) is 3.87. The van der Waals surface area contributed by atoms with Crippen LogP contribution in [0.15, 0.2) is 18.2 Å². The van der Waals surface area contributed by atoms with Crippen LogP contribution in [-0.4, -0.2) is 18.4 Å². The van der Waals surface area contributed by atoms with E-state index in [1.807, 2.05) is 0 Å². The molecular formula is C14H16Cl2O3. The fourth-order valence-corrected chi connectivity index (χ4v) is 2.55. The fraction of sp³-hybridized carbons (Fsp3) is 0.429. The van der Waals surface area contributed by atoms with E-state index in [9.17, 15) is 9.59 Å². The lowest BCUT2D eigenvalue weighted by molar-refractivity contribution is -0.151. The molecule has 0 bridgehead atoms. The van der Waals surface area contributed by atoms with Crippen molar-refractivity contribution in [1.29, 1.82) is 0 Å². The molecule has 0 heterocycles. The largest absolute Gasteiger partial charge is 0.465 e. The van der Waals surface area contributed by atoms with E-state index >= 15 is 0 Å². The third-order valence-corrected chi connectivity index (χ3v) is 3.59. The first-order valence-electron chi connectivity index (χ1n) is 6.04. The van der Waals surface area contributed by atoms with Crippen molar-refractivity contribution < 1.29 is 14.3 Å². The summed E-state index contributed by atoms with van der Waals surface area (Å²) in [6, 6.07) is 5.04. The molecule has 0 fully saturated rings. The average molecular weight is 303 g/mol. The minimum Gasteiger partial charge on any atom is -0.465 e. The molecule has 0 aromatic heterocycles. The molecule has 0 aliphatic rings. The van der Waals surface area contributed by atoms with Crippen LogP contribution < -0.4 is 0 Å². The number of ketones is 1. The second kappa shape index (κ2) is 6.92. The molecule has 3 nitrogen and oxygen atoms in total. The topological polar surface area (TPSA) is 43.4 Å². The molecule has 0 saturated carbocycles. The molecule has 1 aromatic carbocycles. The summed E-state index contributed by atoms with van der Waals surface area (Å²) < 4.78 is 4.85. The van der Waals surface area contributed by atoms with Crippen LogP contribution in [0.5, 0.6) is 0 Å². The third kappa shape index (κ3) is 3.71. The smallest absolute Gasteiger partial charge is 0.316 e. The first kappa shape index (κ1) is 16.0. The lowest BCUT2D eigenvalue weighted by Gasteiger charge is -2.17. The van der Waals surface area contributed by atoms with Crippen LogP contribution in [0.3, 0.4) is 0 Å². The molecule has 2 unspecified atom stereocenters. The Morgan fingerprint density at radius 1 is 1.21 bits per heavy atom. The lowest BCUT2D eigenvalue weighted by atomic mass is 9.89. The highest BCUT2D eigenvalue weighted by atomic mass is 35.5. The van der Waals surface area contributed by atoms with Crippen molar-refractivity contribution in [3.8, 4) is 0 Å². The van der Waals surface area contributed by atoms with Gasteiger partial charge in [0.1, 0.15) is 5.92 Å². The summed E-state index contributed by atoms with van der Waals surface area (Å²) in [5.41, 5.74) is 0.548. The molecular weight excluding hydrogens is 287 g/mol. The van der Waals surface area contributed by atoms with Crippen molar-refractivity contribution in [3.05, 3.63) is 33.8 Å². The first-order chi connectivity index (χ1) is 8.90. The maximum absolute atomic E-state index is 12.2. The summed E-state index contributed by atoms with van der Waals surface area (Å²) >= 11 is 12.1. The van der Waals surface area contributed by atoms with Crippen LogP contribution in [0.4, 0.5) is 0 Å². The molecule has 0 radical (unpaired) electrons. The lowest BCUT2D eigenvalue weighted by Crippen LogP contribution is -2.27. The van der Waals surface area contributed by atoms with Gasteiger partial charge < -0.3 is 4.74 Å². The summed E-state index contributed by atoms with van der Waals surface area (Å²) in [6.07, 6.45) is 0. The van der Waals surface area contributed by atoms with Gasteiger partial charge in [0, 0.05) is 16.0 Å². The molecule has 1 aromatic rings. The molecule has 5 heteroatoms. The van der Waals surface area contributed by atoms with E-state index in [1.165, 1.54) is 6.92 Å². The number of carbonyl (C=O) groups is 2. The number of benzene rings is 1. The predicted molar refractivity (Wildman–Crippen MR) is 75.7 cm³/mol. The van der Waals surface area contributed by atoms with Gasteiger partial charge in [-0.1, -0.05) is 36.2 Å². The normalized spacial score (nSPS) is 13.7. The van der Waals surface area contributed by atoms with Crippen molar-refractivity contribution in [2.24, 2.45) is 5.92 Å². The Hall–Kier alpha value is -1.06. The third-order valence-electron chi connectivity index (χ3n) is 2.93. The van der Waals surface area contributed by atoms with E-state index in [4.69, 9.17) is 27.9 Å². The number of carbonyl (C=O) groups excluding carboxylic acids is 2. The van der Waals surface area contributed by atoms with E-state index in [0.717, 1.165) is 0 Å². The SMILES string of the molecule is CCOC(=O)C(C)C(=O)C(C)c1c(Cl)cccc1Cl. The van der Waals surface area contributed by atoms with Crippen LogP contribution in [0.1, 0.15) is 32.3 Å². The van der Waals surface area contributed by atoms with Crippen LogP contribution in [0, 0.1) is 5.92 Å². The number of rotatable bonds is 5. The molecule has 2 atom stereocenters. The van der Waals surface area contributed by atoms with E-state index in [1.54, 1.807) is 32.0 Å². The number of esters is 1. The monoisotopic (exact) mass is 302 g/mol. The van der Waals surface area contributed by atoms with Crippen LogP contribution in [-0.2, 0) is 14.3 Å². The Labute approximate surface area is 122 Å². The highest BCUT2D eigenvalue weighted by Crippen LogP contribution is 2.33. The zero-order valence-corrected chi connectivity index (χ0v) is 12.6. The number of hydrogen-bond acceptors (Lipinski definition) is 3. The molecule has 104 valence electrons. The minimum atomic E-state index is -0.831. The summed E-state index contributed by atoms with van der Waals surface area (Å²) in [4.78, 5) is 23.8. The minimum absolute atomic E-state index is 0.248. The first-order valence-corrected chi connectivity index (χ1v) is 6.80. The van der Waals surface area contributed by atoms with Crippen LogP contribution in [0.25, 0.3) is 0 Å². The fourth-order valence-electron chi connectivity index (χ4n) is 1.83. The second-order valence-electron chi connectivity index (χ2n) is 4.23. The van der Waals surface area contributed by atoms with Crippen molar-refractivity contribution >= 4 is 35.0 Å². The molecule has 1 rings (SSSR count). The Kier molecular flexibility index (Phi) is 5.83. The van der Waals surface area contributed by atoms with Crippen molar-refractivity contribution in [3.63, 3.8) is 0 Å². The number of hydrogen-bond donors (Lipinski definition) is 0. The molecule has 0 aliphatic heterocycles. The Balaban J connectivity index is 2.97. The number of Topliss-reactive ketones (excluding diaryl/α,β-unsaturated/α-hetero) is 1. The Bertz CT molecular complexity index is 465. The molecule has 0 aliphatic carbocycles. The summed E-state index contributed by atoms with van der Waals surface area (Å²) in [5.74, 6) is -2.17. The zero-order valence-electron chi connectivity index (χ0n) is 11.1. The molecule has 0 spiro atoms.